The molecule has 0 spiro atoms. The summed E-state index contributed by atoms with van der Waals surface area (Å²) in [5, 5.41) is 22.4. The Labute approximate surface area is 97.7 Å². The highest BCUT2D eigenvalue weighted by Crippen LogP contribution is 2.27. The molecule has 0 aliphatic carbocycles. The molecule has 0 heterocycles. The van der Waals surface area contributed by atoms with Gasteiger partial charge in [-0.2, -0.15) is 0 Å². The van der Waals surface area contributed by atoms with E-state index in [1.807, 2.05) is 0 Å². The first-order valence-electron chi connectivity index (χ1n) is 4.92. The van der Waals surface area contributed by atoms with Gasteiger partial charge in [-0.25, -0.2) is 0 Å². The monoisotopic (exact) mass is 236 g/mol. The van der Waals surface area contributed by atoms with Gasteiger partial charge < -0.3 is 10.4 Å². The molecule has 0 atom stereocenters. The predicted molar refractivity (Wildman–Crippen MR) is 62.8 cm³/mol. The molecule has 1 rings (SSSR count). The Morgan fingerprint density at radius 1 is 1.59 bits per heavy atom. The van der Waals surface area contributed by atoms with E-state index < -0.39 is 4.92 Å². The molecule has 0 aromatic heterocycles. The van der Waals surface area contributed by atoms with Crippen LogP contribution in [0.2, 0.25) is 0 Å². The highest BCUT2D eigenvalue weighted by atomic mass is 16.6. The fourth-order valence-electron chi connectivity index (χ4n) is 1.18. The number of carbonyl (C=O) groups excluding carboxylic acids is 1. The smallest absolute Gasteiger partial charge is 0.271 e. The van der Waals surface area contributed by atoms with Crippen LogP contribution in [-0.2, 0) is 4.79 Å². The minimum atomic E-state index is -0.598. The lowest BCUT2D eigenvalue weighted by Crippen LogP contribution is -2.11. The van der Waals surface area contributed by atoms with E-state index in [1.54, 1.807) is 6.08 Å². The third-order valence-corrected chi connectivity index (χ3v) is 2.04. The van der Waals surface area contributed by atoms with Gasteiger partial charge in [-0.15, -0.1) is 6.58 Å². The summed E-state index contributed by atoms with van der Waals surface area (Å²) in [5.41, 5.74) is -0.157. The zero-order valence-electron chi connectivity index (χ0n) is 9.05. The summed E-state index contributed by atoms with van der Waals surface area (Å²) in [6, 6.07) is 3.44. The summed E-state index contributed by atoms with van der Waals surface area (Å²) in [7, 11) is 0. The second kappa shape index (κ2) is 5.64. The average Bonchev–Trinajstić information content (AvgIpc) is 2.29. The van der Waals surface area contributed by atoms with Gasteiger partial charge in [0.1, 0.15) is 5.75 Å². The summed E-state index contributed by atoms with van der Waals surface area (Å²) in [6.45, 7) is 3.48. The number of amides is 1. The number of anilines is 1. The van der Waals surface area contributed by atoms with Crippen molar-refractivity contribution < 1.29 is 14.8 Å². The van der Waals surface area contributed by atoms with Gasteiger partial charge in [0.2, 0.25) is 5.91 Å². The minimum absolute atomic E-state index is 0.0354. The van der Waals surface area contributed by atoms with Gasteiger partial charge in [0, 0.05) is 18.6 Å². The van der Waals surface area contributed by atoms with Crippen LogP contribution in [0.4, 0.5) is 11.4 Å². The molecule has 0 saturated heterocycles. The molecular weight excluding hydrogens is 224 g/mol. The van der Waals surface area contributed by atoms with Crippen LogP contribution >= 0.6 is 0 Å². The normalized spacial score (nSPS) is 9.65. The number of phenolic OH excluding ortho intramolecular Hbond substituents is 1. The standard InChI is InChI=1S/C11H12N2O4/c1-2-3-4-11(15)12-9-7-8(13(16)17)5-6-10(9)14/h2,5-7,14H,1,3-4H2,(H,12,15). The molecule has 0 aliphatic rings. The van der Waals surface area contributed by atoms with Crippen LogP contribution in [-0.4, -0.2) is 15.9 Å². The Bertz CT molecular complexity index is 457. The van der Waals surface area contributed by atoms with Crippen LogP contribution in [0.15, 0.2) is 30.9 Å². The molecule has 0 bridgehead atoms. The molecule has 0 fully saturated rings. The van der Waals surface area contributed by atoms with Gasteiger partial charge >= 0.3 is 0 Å². The van der Waals surface area contributed by atoms with E-state index in [-0.39, 0.29) is 29.5 Å². The van der Waals surface area contributed by atoms with Gasteiger partial charge in [0.25, 0.3) is 5.69 Å². The van der Waals surface area contributed by atoms with E-state index in [9.17, 15) is 20.0 Å². The number of nitrogens with one attached hydrogen (secondary N) is 1. The number of phenols is 1. The number of non-ortho nitro benzene ring substituents is 1. The molecule has 17 heavy (non-hydrogen) atoms. The molecule has 0 aliphatic heterocycles. The highest BCUT2D eigenvalue weighted by Gasteiger charge is 2.12. The first-order chi connectivity index (χ1) is 8.04. The van der Waals surface area contributed by atoms with Crippen molar-refractivity contribution in [3.63, 3.8) is 0 Å². The number of carbonyl (C=O) groups is 1. The largest absolute Gasteiger partial charge is 0.506 e. The molecule has 0 unspecified atom stereocenters. The Balaban J connectivity index is 2.82. The molecule has 90 valence electrons. The van der Waals surface area contributed by atoms with E-state index in [1.165, 1.54) is 6.07 Å². The minimum Gasteiger partial charge on any atom is -0.506 e. The van der Waals surface area contributed by atoms with Crippen molar-refractivity contribution in [3.8, 4) is 5.75 Å². The first kappa shape index (κ1) is 12.7. The van der Waals surface area contributed by atoms with Crippen molar-refractivity contribution in [3.05, 3.63) is 41.0 Å². The Morgan fingerprint density at radius 3 is 2.88 bits per heavy atom. The first-order valence-corrected chi connectivity index (χ1v) is 4.92. The molecule has 6 nitrogen and oxygen atoms in total. The summed E-state index contributed by atoms with van der Waals surface area (Å²) < 4.78 is 0. The van der Waals surface area contributed by atoms with E-state index >= 15 is 0 Å². The number of benzene rings is 1. The molecule has 0 radical (unpaired) electrons. The summed E-state index contributed by atoms with van der Waals surface area (Å²) >= 11 is 0. The van der Waals surface area contributed by atoms with Gasteiger partial charge in [-0.1, -0.05) is 6.08 Å². The average molecular weight is 236 g/mol. The summed E-state index contributed by atoms with van der Waals surface area (Å²) in [4.78, 5) is 21.3. The number of aromatic hydroxyl groups is 1. The van der Waals surface area contributed by atoms with Crippen molar-refractivity contribution in [1.29, 1.82) is 0 Å². The van der Waals surface area contributed by atoms with Gasteiger partial charge in [-0.3, -0.25) is 14.9 Å². The zero-order valence-corrected chi connectivity index (χ0v) is 9.05. The number of nitrogens with zero attached hydrogens (tertiary/aromatic N) is 1. The number of rotatable bonds is 5. The van der Waals surface area contributed by atoms with Gasteiger partial charge in [0.05, 0.1) is 10.6 Å². The lowest BCUT2D eigenvalue weighted by molar-refractivity contribution is -0.384. The van der Waals surface area contributed by atoms with Crippen molar-refractivity contribution in [2.75, 3.05) is 5.32 Å². The Kier molecular flexibility index (Phi) is 4.21. The number of nitro groups is 1. The van der Waals surface area contributed by atoms with Crippen LogP contribution in [0.25, 0.3) is 0 Å². The third kappa shape index (κ3) is 3.60. The SMILES string of the molecule is C=CCCC(=O)Nc1cc([N+](=O)[O-])ccc1O. The van der Waals surface area contributed by atoms with Crippen LogP contribution in [0.5, 0.6) is 5.75 Å². The third-order valence-electron chi connectivity index (χ3n) is 2.04. The topological polar surface area (TPSA) is 92.5 Å². The maximum Gasteiger partial charge on any atom is 0.271 e. The maximum atomic E-state index is 11.4. The molecule has 1 aromatic rings. The van der Waals surface area contributed by atoms with Crippen LogP contribution < -0.4 is 5.32 Å². The Hall–Kier alpha value is -2.37. The van der Waals surface area contributed by atoms with Crippen molar-refractivity contribution >= 4 is 17.3 Å². The fraction of sp³-hybridized carbons (Fsp3) is 0.182. The van der Waals surface area contributed by atoms with Crippen LogP contribution in [0, 0.1) is 10.1 Å². The van der Waals surface area contributed by atoms with Crippen LogP contribution in [0.3, 0.4) is 0 Å². The van der Waals surface area contributed by atoms with Crippen molar-refractivity contribution in [2.45, 2.75) is 12.8 Å². The van der Waals surface area contributed by atoms with E-state index in [2.05, 4.69) is 11.9 Å². The second-order valence-electron chi connectivity index (χ2n) is 3.33. The quantitative estimate of drug-likeness (QED) is 0.355. The molecule has 6 heteroatoms. The molecule has 1 aromatic carbocycles. The summed E-state index contributed by atoms with van der Waals surface area (Å²) in [6.07, 6.45) is 2.31. The number of hydrogen-bond donors (Lipinski definition) is 2. The number of nitro benzene ring substituents is 1. The zero-order chi connectivity index (χ0) is 12.8. The van der Waals surface area contributed by atoms with E-state index in [0.29, 0.717) is 6.42 Å². The molecule has 1 amide bonds. The highest BCUT2D eigenvalue weighted by molar-refractivity contribution is 5.92. The lowest BCUT2D eigenvalue weighted by Gasteiger charge is -2.06. The Morgan fingerprint density at radius 2 is 2.29 bits per heavy atom. The number of hydrogen-bond acceptors (Lipinski definition) is 4. The van der Waals surface area contributed by atoms with E-state index in [4.69, 9.17) is 0 Å². The number of allylic oxidation sites excluding steroid dienone is 1. The van der Waals surface area contributed by atoms with Crippen molar-refractivity contribution in [2.24, 2.45) is 0 Å². The van der Waals surface area contributed by atoms with E-state index in [0.717, 1.165) is 12.1 Å². The predicted octanol–water partition coefficient (Wildman–Crippen LogP) is 2.21. The van der Waals surface area contributed by atoms with Crippen molar-refractivity contribution in [1.82, 2.24) is 0 Å². The molecule has 0 saturated carbocycles. The van der Waals surface area contributed by atoms with Crippen LogP contribution in [0.1, 0.15) is 12.8 Å². The second-order valence-corrected chi connectivity index (χ2v) is 3.33. The molecule has 2 N–H and O–H groups in total. The van der Waals surface area contributed by atoms with Gasteiger partial charge in [-0.05, 0) is 12.5 Å². The van der Waals surface area contributed by atoms with Gasteiger partial charge in [0.15, 0.2) is 0 Å². The summed E-state index contributed by atoms with van der Waals surface area (Å²) in [5.74, 6) is -0.539. The fourth-order valence-corrected chi connectivity index (χ4v) is 1.18. The molecular formula is C11H12N2O4. The lowest BCUT2D eigenvalue weighted by atomic mass is 10.2. The maximum absolute atomic E-state index is 11.4.